The molecule has 1 aliphatic carbocycles. The fourth-order valence-corrected chi connectivity index (χ4v) is 2.89. The van der Waals surface area contributed by atoms with Gasteiger partial charge in [0, 0.05) is 11.5 Å². The van der Waals surface area contributed by atoms with Crippen LogP contribution in [0.4, 0.5) is 4.39 Å². The Bertz CT molecular complexity index is 546. The van der Waals surface area contributed by atoms with Crippen LogP contribution in [-0.2, 0) is 16.0 Å². The SMILES string of the molecule is C=C(C)C(=O)OC(C)(C)C1CCCc2ccc(F)cc21. The van der Waals surface area contributed by atoms with E-state index in [0.29, 0.717) is 5.57 Å². The highest BCUT2D eigenvalue weighted by molar-refractivity contribution is 5.87. The number of ether oxygens (including phenoxy) is 1. The van der Waals surface area contributed by atoms with Gasteiger partial charge in [0.25, 0.3) is 0 Å². The van der Waals surface area contributed by atoms with Gasteiger partial charge in [0.1, 0.15) is 11.4 Å². The first-order valence-corrected chi connectivity index (χ1v) is 6.98. The molecular weight excluding hydrogens is 255 g/mol. The Morgan fingerprint density at radius 2 is 2.15 bits per heavy atom. The van der Waals surface area contributed by atoms with Gasteiger partial charge in [-0.25, -0.2) is 9.18 Å². The molecule has 0 aliphatic heterocycles. The molecule has 2 rings (SSSR count). The topological polar surface area (TPSA) is 26.3 Å². The lowest BCUT2D eigenvalue weighted by atomic mass is 9.74. The minimum Gasteiger partial charge on any atom is -0.456 e. The Kier molecular flexibility index (Phi) is 3.98. The van der Waals surface area contributed by atoms with E-state index in [1.54, 1.807) is 13.0 Å². The van der Waals surface area contributed by atoms with Crippen LogP contribution < -0.4 is 0 Å². The number of benzene rings is 1. The van der Waals surface area contributed by atoms with E-state index >= 15 is 0 Å². The van der Waals surface area contributed by atoms with Crippen LogP contribution in [0.5, 0.6) is 0 Å². The zero-order valence-corrected chi connectivity index (χ0v) is 12.3. The van der Waals surface area contributed by atoms with Crippen LogP contribution in [0.3, 0.4) is 0 Å². The van der Waals surface area contributed by atoms with E-state index in [1.165, 1.54) is 6.07 Å². The summed E-state index contributed by atoms with van der Waals surface area (Å²) in [6.45, 7) is 9.01. The zero-order valence-electron chi connectivity index (χ0n) is 12.3. The van der Waals surface area contributed by atoms with Gasteiger partial charge in [0.15, 0.2) is 0 Å². The highest BCUT2D eigenvalue weighted by Gasteiger charge is 2.37. The van der Waals surface area contributed by atoms with Crippen molar-refractivity contribution < 1.29 is 13.9 Å². The summed E-state index contributed by atoms with van der Waals surface area (Å²) in [6, 6.07) is 4.91. The number of hydrogen-bond donors (Lipinski definition) is 0. The molecule has 0 amide bonds. The van der Waals surface area contributed by atoms with E-state index in [9.17, 15) is 9.18 Å². The molecule has 0 heterocycles. The second-order valence-corrected chi connectivity index (χ2v) is 6.06. The van der Waals surface area contributed by atoms with Crippen molar-refractivity contribution in [1.82, 2.24) is 0 Å². The monoisotopic (exact) mass is 276 g/mol. The fraction of sp³-hybridized carbons (Fsp3) is 0.471. The van der Waals surface area contributed by atoms with Crippen molar-refractivity contribution in [3.63, 3.8) is 0 Å². The molecule has 0 fully saturated rings. The lowest BCUT2D eigenvalue weighted by Crippen LogP contribution is -2.37. The molecule has 1 aromatic rings. The van der Waals surface area contributed by atoms with Crippen molar-refractivity contribution in [2.24, 2.45) is 0 Å². The van der Waals surface area contributed by atoms with Gasteiger partial charge in [-0.1, -0.05) is 12.6 Å². The number of carbonyl (C=O) groups excluding carboxylic acids is 1. The Morgan fingerprint density at radius 1 is 1.45 bits per heavy atom. The average Bonchev–Trinajstić information content (AvgIpc) is 2.37. The van der Waals surface area contributed by atoms with Gasteiger partial charge in [0.2, 0.25) is 0 Å². The maximum absolute atomic E-state index is 13.5. The van der Waals surface area contributed by atoms with Gasteiger partial charge in [-0.05, 0) is 63.3 Å². The molecule has 0 saturated carbocycles. The van der Waals surface area contributed by atoms with Crippen molar-refractivity contribution in [3.05, 3.63) is 47.3 Å². The van der Waals surface area contributed by atoms with Crippen molar-refractivity contribution in [2.45, 2.75) is 51.6 Å². The van der Waals surface area contributed by atoms with Crippen LogP contribution in [0.25, 0.3) is 0 Å². The molecule has 2 nitrogen and oxygen atoms in total. The summed E-state index contributed by atoms with van der Waals surface area (Å²) in [7, 11) is 0. The maximum Gasteiger partial charge on any atom is 0.333 e. The van der Waals surface area contributed by atoms with Gasteiger partial charge >= 0.3 is 5.97 Å². The first-order chi connectivity index (χ1) is 9.31. The lowest BCUT2D eigenvalue weighted by molar-refractivity contribution is -0.154. The van der Waals surface area contributed by atoms with Crippen LogP contribution in [0.15, 0.2) is 30.4 Å². The van der Waals surface area contributed by atoms with Gasteiger partial charge in [-0.2, -0.15) is 0 Å². The minimum absolute atomic E-state index is 0.0187. The first-order valence-electron chi connectivity index (χ1n) is 6.98. The predicted molar refractivity (Wildman–Crippen MR) is 77.1 cm³/mol. The summed E-state index contributed by atoms with van der Waals surface area (Å²) in [5.74, 6) is -0.610. The molecule has 1 aliphatic rings. The highest BCUT2D eigenvalue weighted by atomic mass is 19.1. The van der Waals surface area contributed by atoms with Crippen molar-refractivity contribution in [2.75, 3.05) is 0 Å². The lowest BCUT2D eigenvalue weighted by Gasteiger charge is -2.38. The smallest absolute Gasteiger partial charge is 0.333 e. The van der Waals surface area contributed by atoms with Gasteiger partial charge < -0.3 is 4.74 Å². The van der Waals surface area contributed by atoms with E-state index < -0.39 is 11.6 Å². The predicted octanol–water partition coefficient (Wildman–Crippen LogP) is 4.14. The van der Waals surface area contributed by atoms with Crippen molar-refractivity contribution in [3.8, 4) is 0 Å². The summed E-state index contributed by atoms with van der Waals surface area (Å²) in [4.78, 5) is 11.8. The van der Waals surface area contributed by atoms with E-state index in [4.69, 9.17) is 4.74 Å². The molecule has 0 spiro atoms. The van der Waals surface area contributed by atoms with Crippen LogP contribution in [0, 0.1) is 5.82 Å². The third-order valence-corrected chi connectivity index (χ3v) is 3.97. The summed E-state index contributed by atoms with van der Waals surface area (Å²) in [5.41, 5.74) is 1.84. The highest BCUT2D eigenvalue weighted by Crippen LogP contribution is 2.41. The summed E-state index contributed by atoms with van der Waals surface area (Å²) >= 11 is 0. The molecular formula is C17H21FO2. The average molecular weight is 276 g/mol. The molecule has 0 bridgehead atoms. The second-order valence-electron chi connectivity index (χ2n) is 6.06. The third kappa shape index (κ3) is 2.92. The quantitative estimate of drug-likeness (QED) is 0.612. The molecule has 0 radical (unpaired) electrons. The Balaban J connectivity index is 2.32. The molecule has 1 unspecified atom stereocenters. The summed E-state index contributed by atoms with van der Waals surface area (Å²) in [5, 5.41) is 0. The number of esters is 1. The van der Waals surface area contributed by atoms with Crippen molar-refractivity contribution in [1.29, 1.82) is 0 Å². The number of halogens is 1. The van der Waals surface area contributed by atoms with Gasteiger partial charge in [-0.3, -0.25) is 0 Å². The number of fused-ring (bicyclic) bond motifs is 1. The molecule has 1 aromatic carbocycles. The number of aryl methyl sites for hydroxylation is 1. The molecule has 108 valence electrons. The van der Waals surface area contributed by atoms with Crippen LogP contribution in [0.1, 0.15) is 50.7 Å². The van der Waals surface area contributed by atoms with Crippen molar-refractivity contribution >= 4 is 5.97 Å². The van der Waals surface area contributed by atoms with Crippen LogP contribution in [-0.4, -0.2) is 11.6 Å². The van der Waals surface area contributed by atoms with Crippen LogP contribution in [0.2, 0.25) is 0 Å². The minimum atomic E-state index is -0.668. The normalized spacial score (nSPS) is 18.3. The first kappa shape index (κ1) is 14.8. The second kappa shape index (κ2) is 5.39. The van der Waals surface area contributed by atoms with E-state index in [2.05, 4.69) is 6.58 Å². The van der Waals surface area contributed by atoms with E-state index in [1.807, 2.05) is 19.9 Å². The number of carbonyl (C=O) groups is 1. The van der Waals surface area contributed by atoms with E-state index in [0.717, 1.165) is 30.4 Å². The molecule has 0 saturated heterocycles. The number of hydrogen-bond acceptors (Lipinski definition) is 2. The molecule has 3 heteroatoms. The number of rotatable bonds is 3. The maximum atomic E-state index is 13.5. The molecule has 0 aromatic heterocycles. The fourth-order valence-electron chi connectivity index (χ4n) is 2.89. The standard InChI is InChI=1S/C17H21FO2/c1-11(2)16(19)20-17(3,4)15-7-5-6-12-8-9-13(18)10-14(12)15/h8-10,15H,1,5-7H2,2-4H3. The molecule has 1 atom stereocenters. The van der Waals surface area contributed by atoms with E-state index in [-0.39, 0.29) is 11.7 Å². The van der Waals surface area contributed by atoms with Gasteiger partial charge in [-0.15, -0.1) is 0 Å². The van der Waals surface area contributed by atoms with Crippen LogP contribution >= 0.6 is 0 Å². The summed E-state index contributed by atoms with van der Waals surface area (Å²) in [6.07, 6.45) is 2.88. The Morgan fingerprint density at radius 3 is 2.80 bits per heavy atom. The van der Waals surface area contributed by atoms with Gasteiger partial charge in [0.05, 0.1) is 0 Å². The summed E-state index contributed by atoms with van der Waals surface area (Å²) < 4.78 is 19.1. The largest absolute Gasteiger partial charge is 0.456 e. The molecule has 20 heavy (non-hydrogen) atoms. The molecule has 0 N–H and O–H groups in total. The third-order valence-electron chi connectivity index (χ3n) is 3.97. The zero-order chi connectivity index (χ0) is 14.9. The Labute approximate surface area is 119 Å². The Hall–Kier alpha value is -1.64.